The van der Waals surface area contributed by atoms with Crippen LogP contribution in [-0.4, -0.2) is 34.3 Å². The van der Waals surface area contributed by atoms with Gasteiger partial charge in [0.15, 0.2) is 5.69 Å². The number of nitrogens with zero attached hydrogens (tertiary/aromatic N) is 2. The number of halogens is 1. The highest BCUT2D eigenvalue weighted by Crippen LogP contribution is 2.34. The molecule has 0 unspecified atom stereocenters. The van der Waals surface area contributed by atoms with Gasteiger partial charge in [-0.1, -0.05) is 17.7 Å². The van der Waals surface area contributed by atoms with Gasteiger partial charge < -0.3 is 20.9 Å². The monoisotopic (exact) mass is 417 g/mol. The average Bonchev–Trinajstić information content (AvgIpc) is 3.15. The third-order valence-corrected chi connectivity index (χ3v) is 5.63. The summed E-state index contributed by atoms with van der Waals surface area (Å²) >= 11 is 6.20. The van der Waals surface area contributed by atoms with Crippen molar-refractivity contribution in [3.63, 3.8) is 0 Å². The number of rotatable bonds is 5. The van der Waals surface area contributed by atoms with Gasteiger partial charge >= 0.3 is 0 Å². The molecular formula is C20H24ClN5O3. The first kappa shape index (κ1) is 20.9. The molecule has 3 rings (SSSR count). The van der Waals surface area contributed by atoms with E-state index in [1.165, 1.54) is 13.4 Å². The quantitative estimate of drug-likeness (QED) is 0.692. The highest BCUT2D eigenvalue weighted by Gasteiger charge is 2.31. The summed E-state index contributed by atoms with van der Waals surface area (Å²) in [5, 5.41) is 5.87. The lowest BCUT2D eigenvalue weighted by Crippen LogP contribution is -2.30. The average molecular weight is 418 g/mol. The van der Waals surface area contributed by atoms with Gasteiger partial charge in [-0.15, -0.1) is 0 Å². The van der Waals surface area contributed by atoms with E-state index in [4.69, 9.17) is 17.3 Å². The van der Waals surface area contributed by atoms with Gasteiger partial charge in [-0.2, -0.15) is 0 Å². The first-order chi connectivity index (χ1) is 13.8. The Bertz CT molecular complexity index is 948. The van der Waals surface area contributed by atoms with Crippen LogP contribution in [0.25, 0.3) is 0 Å². The van der Waals surface area contributed by atoms with Crippen LogP contribution in [0, 0.1) is 12.8 Å². The Kier molecular flexibility index (Phi) is 6.22. The molecular weight excluding hydrogens is 394 g/mol. The van der Waals surface area contributed by atoms with Gasteiger partial charge in [0.05, 0.1) is 17.0 Å². The number of nitrogens with one attached hydrogen (secondary N) is 2. The molecule has 0 spiro atoms. The molecule has 1 aliphatic carbocycles. The van der Waals surface area contributed by atoms with E-state index in [0.29, 0.717) is 36.4 Å². The predicted molar refractivity (Wildman–Crippen MR) is 110 cm³/mol. The number of imidazole rings is 1. The van der Waals surface area contributed by atoms with Gasteiger partial charge in [-0.3, -0.25) is 14.4 Å². The number of nitrogens with two attached hydrogens (primary N) is 1. The van der Waals surface area contributed by atoms with Crippen molar-refractivity contribution in [3.8, 4) is 0 Å². The van der Waals surface area contributed by atoms with Crippen LogP contribution in [0.1, 0.15) is 58.3 Å². The molecule has 1 aliphatic rings. The summed E-state index contributed by atoms with van der Waals surface area (Å²) in [6.45, 7) is 1.94. The molecule has 0 saturated heterocycles. The minimum Gasteiger partial charge on any atom is -0.364 e. The lowest BCUT2D eigenvalue weighted by Gasteiger charge is -2.29. The van der Waals surface area contributed by atoms with Crippen molar-refractivity contribution in [1.29, 1.82) is 0 Å². The lowest BCUT2D eigenvalue weighted by atomic mass is 9.85. The minimum atomic E-state index is -0.699. The third-order valence-electron chi connectivity index (χ3n) is 5.31. The topological polar surface area (TPSA) is 119 Å². The van der Waals surface area contributed by atoms with Crippen molar-refractivity contribution in [2.75, 3.05) is 12.4 Å². The molecule has 1 aromatic carbocycles. The van der Waals surface area contributed by atoms with Gasteiger partial charge in [0.2, 0.25) is 5.91 Å². The summed E-state index contributed by atoms with van der Waals surface area (Å²) in [6, 6.07) is 5.46. The molecule has 154 valence electrons. The van der Waals surface area contributed by atoms with Gasteiger partial charge in [0.25, 0.3) is 11.8 Å². The van der Waals surface area contributed by atoms with Crippen molar-refractivity contribution >= 4 is 35.0 Å². The van der Waals surface area contributed by atoms with Crippen LogP contribution < -0.4 is 16.4 Å². The fourth-order valence-electron chi connectivity index (χ4n) is 3.74. The van der Waals surface area contributed by atoms with E-state index in [1.807, 2.05) is 19.1 Å². The van der Waals surface area contributed by atoms with Gasteiger partial charge in [-0.25, -0.2) is 4.98 Å². The zero-order valence-corrected chi connectivity index (χ0v) is 17.1. The molecule has 1 saturated carbocycles. The Morgan fingerprint density at radius 2 is 1.90 bits per heavy atom. The van der Waals surface area contributed by atoms with E-state index in [9.17, 15) is 14.4 Å². The van der Waals surface area contributed by atoms with Crippen LogP contribution in [0.2, 0.25) is 5.02 Å². The van der Waals surface area contributed by atoms with E-state index in [-0.39, 0.29) is 29.3 Å². The number of benzene rings is 1. The molecule has 2 aromatic rings. The summed E-state index contributed by atoms with van der Waals surface area (Å²) in [5.74, 6) is -1.38. The molecule has 8 nitrogen and oxygen atoms in total. The van der Waals surface area contributed by atoms with Crippen LogP contribution >= 0.6 is 11.6 Å². The number of carbonyl (C=O) groups is 3. The summed E-state index contributed by atoms with van der Waals surface area (Å²) in [6.07, 6.45) is 4.10. The Morgan fingerprint density at radius 1 is 1.21 bits per heavy atom. The van der Waals surface area contributed by atoms with E-state index >= 15 is 0 Å². The second-order valence-electron chi connectivity index (χ2n) is 7.27. The molecule has 4 N–H and O–H groups in total. The zero-order valence-electron chi connectivity index (χ0n) is 16.4. The SMILES string of the molecule is CNC(=O)c1ncn(C2CCC(C(=O)Nc3ccc(C)cc3Cl)CC2)c1C(N)=O. The predicted octanol–water partition coefficient (Wildman–Crippen LogP) is 2.67. The molecule has 1 fully saturated rings. The molecule has 1 aromatic heterocycles. The van der Waals surface area contributed by atoms with Crippen LogP contribution in [0.4, 0.5) is 5.69 Å². The third kappa shape index (κ3) is 4.42. The Morgan fingerprint density at radius 3 is 2.48 bits per heavy atom. The maximum atomic E-state index is 12.6. The first-order valence-electron chi connectivity index (χ1n) is 9.47. The van der Waals surface area contributed by atoms with Crippen molar-refractivity contribution in [1.82, 2.24) is 14.9 Å². The maximum Gasteiger partial charge on any atom is 0.272 e. The smallest absolute Gasteiger partial charge is 0.272 e. The number of amides is 3. The fourth-order valence-corrected chi connectivity index (χ4v) is 4.02. The van der Waals surface area contributed by atoms with E-state index in [2.05, 4.69) is 15.6 Å². The Hall–Kier alpha value is -2.87. The number of carbonyl (C=O) groups excluding carboxylic acids is 3. The van der Waals surface area contributed by atoms with Crippen LogP contribution in [0.3, 0.4) is 0 Å². The van der Waals surface area contributed by atoms with Gasteiger partial charge in [-0.05, 0) is 50.3 Å². The number of primary amides is 1. The minimum absolute atomic E-state index is 0.0221. The summed E-state index contributed by atoms with van der Waals surface area (Å²) in [5.41, 5.74) is 7.24. The highest BCUT2D eigenvalue weighted by molar-refractivity contribution is 6.33. The first-order valence-corrected chi connectivity index (χ1v) is 9.85. The molecule has 0 bridgehead atoms. The number of hydrogen-bond donors (Lipinski definition) is 3. The molecule has 3 amide bonds. The number of aromatic nitrogens is 2. The summed E-state index contributed by atoms with van der Waals surface area (Å²) in [4.78, 5) is 40.5. The zero-order chi connectivity index (χ0) is 21.1. The van der Waals surface area contributed by atoms with Gasteiger partial charge in [0, 0.05) is 19.0 Å². The highest BCUT2D eigenvalue weighted by atomic mass is 35.5. The molecule has 0 radical (unpaired) electrons. The lowest BCUT2D eigenvalue weighted by molar-refractivity contribution is -0.121. The second kappa shape index (κ2) is 8.65. The van der Waals surface area contributed by atoms with E-state index < -0.39 is 11.8 Å². The van der Waals surface area contributed by atoms with E-state index in [0.717, 1.165) is 5.56 Å². The molecule has 9 heteroatoms. The number of aryl methyl sites for hydroxylation is 1. The van der Waals surface area contributed by atoms with Crippen molar-refractivity contribution in [2.45, 2.75) is 38.6 Å². The fraction of sp³-hybridized carbons (Fsp3) is 0.400. The Labute approximate surface area is 173 Å². The van der Waals surface area contributed by atoms with E-state index in [1.54, 1.807) is 10.6 Å². The van der Waals surface area contributed by atoms with Crippen LogP contribution in [-0.2, 0) is 4.79 Å². The van der Waals surface area contributed by atoms with Crippen LogP contribution in [0.15, 0.2) is 24.5 Å². The maximum absolute atomic E-state index is 12.6. The summed E-state index contributed by atoms with van der Waals surface area (Å²) < 4.78 is 1.66. The molecule has 29 heavy (non-hydrogen) atoms. The molecule has 0 aliphatic heterocycles. The molecule has 0 atom stereocenters. The van der Waals surface area contributed by atoms with Gasteiger partial charge in [0.1, 0.15) is 5.69 Å². The molecule has 1 heterocycles. The Balaban J connectivity index is 1.67. The van der Waals surface area contributed by atoms with Crippen molar-refractivity contribution in [2.24, 2.45) is 11.7 Å². The second-order valence-corrected chi connectivity index (χ2v) is 7.68. The number of hydrogen-bond acceptors (Lipinski definition) is 4. The van der Waals surface area contributed by atoms with Crippen molar-refractivity contribution < 1.29 is 14.4 Å². The largest absolute Gasteiger partial charge is 0.364 e. The summed E-state index contributed by atoms with van der Waals surface area (Å²) in [7, 11) is 1.47. The normalized spacial score (nSPS) is 18.9. The number of anilines is 1. The van der Waals surface area contributed by atoms with Crippen LogP contribution in [0.5, 0.6) is 0 Å². The van der Waals surface area contributed by atoms with Crippen molar-refractivity contribution in [3.05, 3.63) is 46.5 Å². The standard InChI is InChI=1S/C20H24ClN5O3/c1-11-3-8-15(14(21)9-11)25-19(28)12-4-6-13(7-5-12)26-10-24-16(20(29)23-2)17(26)18(22)27/h3,8-10,12-13H,4-7H2,1-2H3,(H2,22,27)(H,23,29)(H,25,28).